The van der Waals surface area contributed by atoms with Gasteiger partial charge in [0.05, 0.1) is 11.4 Å². The van der Waals surface area contributed by atoms with Crippen molar-refractivity contribution >= 4 is 17.7 Å². The minimum atomic E-state index is -0.907. The van der Waals surface area contributed by atoms with Gasteiger partial charge in [0.2, 0.25) is 5.56 Å². The maximum absolute atomic E-state index is 11.4. The first-order chi connectivity index (χ1) is 9.61. The van der Waals surface area contributed by atoms with E-state index in [0.29, 0.717) is 23.2 Å². The van der Waals surface area contributed by atoms with Gasteiger partial charge in [0.15, 0.2) is 11.0 Å². The van der Waals surface area contributed by atoms with Gasteiger partial charge < -0.3 is 14.7 Å². The summed E-state index contributed by atoms with van der Waals surface area (Å²) in [6, 6.07) is 4.80. The van der Waals surface area contributed by atoms with Crippen LogP contribution >= 0.6 is 11.8 Å². The van der Waals surface area contributed by atoms with Crippen LogP contribution < -0.4 is 5.56 Å². The Hall–Kier alpha value is -2.09. The van der Waals surface area contributed by atoms with Gasteiger partial charge in [-0.05, 0) is 12.5 Å². The molecule has 2 aromatic rings. The molecule has 2 rings (SSSR count). The summed E-state index contributed by atoms with van der Waals surface area (Å²) in [4.78, 5) is 24.7. The van der Waals surface area contributed by atoms with Gasteiger partial charge in [0.25, 0.3) is 0 Å². The number of hydrogen-bond donors (Lipinski definition) is 2. The highest BCUT2D eigenvalue weighted by Crippen LogP contribution is 2.22. The molecule has 0 saturated heterocycles. The van der Waals surface area contributed by atoms with Crippen molar-refractivity contribution in [2.75, 3.05) is 5.75 Å². The minimum Gasteiger partial charge on any atom is -0.481 e. The third kappa shape index (κ3) is 3.27. The van der Waals surface area contributed by atoms with Gasteiger partial charge in [0.1, 0.15) is 0 Å². The summed E-state index contributed by atoms with van der Waals surface area (Å²) < 4.78 is 1.82. The van der Waals surface area contributed by atoms with E-state index < -0.39 is 5.97 Å². The maximum atomic E-state index is 11.4. The van der Waals surface area contributed by atoms with Crippen LogP contribution in [-0.2, 0) is 11.3 Å². The lowest BCUT2D eigenvalue weighted by Gasteiger charge is -2.07. The van der Waals surface area contributed by atoms with E-state index in [0.717, 1.165) is 18.2 Å². The Labute approximate surface area is 119 Å². The molecule has 0 amide bonds. The number of nitrogens with one attached hydrogen (secondary N) is 1. The Morgan fingerprint density at radius 3 is 2.90 bits per heavy atom. The van der Waals surface area contributed by atoms with Crippen LogP contribution in [-0.4, -0.2) is 36.6 Å². The Kier molecular flexibility index (Phi) is 4.57. The van der Waals surface area contributed by atoms with Gasteiger partial charge in [-0.25, -0.2) is 0 Å². The van der Waals surface area contributed by atoms with Crippen LogP contribution in [0.3, 0.4) is 0 Å². The van der Waals surface area contributed by atoms with Crippen LogP contribution in [0, 0.1) is 0 Å². The summed E-state index contributed by atoms with van der Waals surface area (Å²) in [6.45, 7) is 2.66. The van der Waals surface area contributed by atoms with E-state index in [2.05, 4.69) is 15.2 Å². The van der Waals surface area contributed by atoms with E-state index >= 15 is 0 Å². The Balaban J connectivity index is 2.38. The number of H-pyrrole nitrogens is 1. The molecule has 0 atom stereocenters. The second kappa shape index (κ2) is 6.38. The number of nitrogens with zero attached hydrogens (tertiary/aromatic N) is 3. The number of hydrogen-bond acceptors (Lipinski definition) is 5. The molecule has 0 aliphatic rings. The molecule has 2 N–H and O–H groups in total. The first-order valence-corrected chi connectivity index (χ1v) is 7.08. The zero-order valence-corrected chi connectivity index (χ0v) is 11.7. The number of carbonyl (C=O) groups is 1. The number of aromatic nitrogens is 4. The normalized spacial score (nSPS) is 10.7. The molecule has 2 aromatic heterocycles. The molecule has 20 heavy (non-hydrogen) atoms. The summed E-state index contributed by atoms with van der Waals surface area (Å²) in [7, 11) is 0. The molecule has 0 fully saturated rings. The van der Waals surface area contributed by atoms with Crippen LogP contribution in [0.25, 0.3) is 11.5 Å². The molecule has 0 unspecified atom stereocenters. The van der Waals surface area contributed by atoms with Crippen LogP contribution in [0.2, 0.25) is 0 Å². The van der Waals surface area contributed by atoms with Gasteiger partial charge in [-0.1, -0.05) is 24.8 Å². The smallest absolute Gasteiger partial charge is 0.313 e. The van der Waals surface area contributed by atoms with Crippen molar-refractivity contribution < 1.29 is 9.90 Å². The highest BCUT2D eigenvalue weighted by atomic mass is 32.2. The van der Waals surface area contributed by atoms with Crippen molar-refractivity contribution in [2.45, 2.75) is 25.0 Å². The highest BCUT2D eigenvalue weighted by Gasteiger charge is 2.15. The van der Waals surface area contributed by atoms with Gasteiger partial charge in [-0.15, -0.1) is 10.2 Å². The third-order valence-corrected chi connectivity index (χ3v) is 3.45. The fourth-order valence-corrected chi connectivity index (χ4v) is 2.41. The Morgan fingerprint density at radius 1 is 1.45 bits per heavy atom. The topological polar surface area (TPSA) is 101 Å². The molecule has 0 aliphatic carbocycles. The molecule has 7 nitrogen and oxygen atoms in total. The summed E-state index contributed by atoms with van der Waals surface area (Å²) in [5.74, 6) is -0.444. The summed E-state index contributed by atoms with van der Waals surface area (Å²) in [5.41, 5.74) is 0.355. The lowest BCUT2D eigenvalue weighted by atomic mass is 10.3. The predicted molar refractivity (Wildman–Crippen MR) is 74.7 cm³/mol. The van der Waals surface area contributed by atoms with Gasteiger partial charge in [0, 0.05) is 12.6 Å². The second-order valence-electron chi connectivity index (χ2n) is 4.07. The SMILES string of the molecule is CCCn1c(SCC(=O)O)nnc1-c1cccc(=O)[nH]1. The average molecular weight is 294 g/mol. The number of rotatable bonds is 6. The predicted octanol–water partition coefficient (Wildman–Crippen LogP) is 1.22. The lowest BCUT2D eigenvalue weighted by Crippen LogP contribution is -2.08. The average Bonchev–Trinajstić information content (AvgIpc) is 2.80. The van der Waals surface area contributed by atoms with Crippen LogP contribution in [0.4, 0.5) is 0 Å². The lowest BCUT2D eigenvalue weighted by molar-refractivity contribution is -0.133. The standard InChI is InChI=1S/C12H14N4O3S/c1-2-6-16-11(8-4-3-5-9(17)13-8)14-15-12(16)20-7-10(18)19/h3-5H,2,6-7H2,1H3,(H,13,17)(H,18,19). The summed E-state index contributed by atoms with van der Waals surface area (Å²) >= 11 is 1.11. The molecular weight excluding hydrogens is 280 g/mol. The summed E-state index contributed by atoms with van der Waals surface area (Å²) in [5, 5.41) is 17.3. The van der Waals surface area contributed by atoms with E-state index in [-0.39, 0.29) is 11.3 Å². The van der Waals surface area contributed by atoms with Gasteiger partial charge >= 0.3 is 5.97 Å². The van der Waals surface area contributed by atoms with E-state index in [4.69, 9.17) is 5.11 Å². The number of aliphatic carboxylic acids is 1. The van der Waals surface area contributed by atoms with E-state index in [1.807, 2.05) is 11.5 Å². The monoisotopic (exact) mass is 294 g/mol. The van der Waals surface area contributed by atoms with Gasteiger partial charge in [-0.2, -0.15) is 0 Å². The summed E-state index contributed by atoms with van der Waals surface area (Å²) in [6.07, 6.45) is 0.850. The molecular formula is C12H14N4O3S. The molecule has 0 aliphatic heterocycles. The number of aromatic amines is 1. The first-order valence-electron chi connectivity index (χ1n) is 6.09. The molecule has 0 saturated carbocycles. The molecule has 8 heteroatoms. The number of pyridine rings is 1. The van der Waals surface area contributed by atoms with Crippen molar-refractivity contribution in [3.05, 3.63) is 28.6 Å². The van der Waals surface area contributed by atoms with Crippen molar-refractivity contribution in [2.24, 2.45) is 0 Å². The zero-order chi connectivity index (χ0) is 14.5. The zero-order valence-electron chi connectivity index (χ0n) is 10.9. The molecule has 0 aromatic carbocycles. The number of carboxylic acids is 1. The van der Waals surface area contributed by atoms with Crippen molar-refractivity contribution in [1.29, 1.82) is 0 Å². The Bertz CT molecular complexity index is 665. The minimum absolute atomic E-state index is 0.0762. The Morgan fingerprint density at radius 2 is 2.25 bits per heavy atom. The van der Waals surface area contributed by atoms with Crippen molar-refractivity contribution in [3.63, 3.8) is 0 Å². The van der Waals surface area contributed by atoms with E-state index in [1.54, 1.807) is 12.1 Å². The maximum Gasteiger partial charge on any atom is 0.313 e. The first kappa shape index (κ1) is 14.3. The van der Waals surface area contributed by atoms with E-state index in [1.165, 1.54) is 6.07 Å². The molecule has 2 heterocycles. The largest absolute Gasteiger partial charge is 0.481 e. The fraction of sp³-hybridized carbons (Fsp3) is 0.333. The van der Waals surface area contributed by atoms with E-state index in [9.17, 15) is 9.59 Å². The molecule has 106 valence electrons. The van der Waals surface area contributed by atoms with Crippen molar-refractivity contribution in [1.82, 2.24) is 19.7 Å². The van der Waals surface area contributed by atoms with Crippen LogP contribution in [0.15, 0.2) is 28.2 Å². The molecule has 0 bridgehead atoms. The van der Waals surface area contributed by atoms with Crippen molar-refractivity contribution in [3.8, 4) is 11.5 Å². The number of carboxylic acid groups (broad SMARTS) is 1. The van der Waals surface area contributed by atoms with Crippen LogP contribution in [0.1, 0.15) is 13.3 Å². The number of thioether (sulfide) groups is 1. The molecule has 0 radical (unpaired) electrons. The quantitative estimate of drug-likeness (QED) is 0.777. The highest BCUT2D eigenvalue weighted by molar-refractivity contribution is 7.99. The second-order valence-corrected chi connectivity index (χ2v) is 5.01. The third-order valence-electron chi connectivity index (χ3n) is 2.50. The van der Waals surface area contributed by atoms with Gasteiger partial charge in [-0.3, -0.25) is 9.59 Å². The fourth-order valence-electron chi connectivity index (χ4n) is 1.72. The molecule has 0 spiro atoms. The van der Waals surface area contributed by atoms with Crippen LogP contribution in [0.5, 0.6) is 0 Å².